The van der Waals surface area contributed by atoms with Crippen LogP contribution < -0.4 is 9.60 Å². The van der Waals surface area contributed by atoms with Crippen LogP contribution >= 0.6 is 11.3 Å². The van der Waals surface area contributed by atoms with Gasteiger partial charge in [-0.2, -0.15) is 0 Å². The Bertz CT molecular complexity index is 1080. The Kier molecular flexibility index (Phi) is 4.18. The first-order chi connectivity index (χ1) is 11.3. The number of hydrogen-bond donors (Lipinski definition) is 1. The largest absolute Gasteiger partial charge is 0.308 e. The third-order valence-corrected chi connectivity index (χ3v) is 6.01. The number of rotatable bonds is 4. The number of aromatic nitrogens is 1. The van der Waals surface area contributed by atoms with E-state index in [2.05, 4.69) is 4.72 Å². The maximum Gasteiger partial charge on any atom is 0.308 e. The number of nitrogens with zero attached hydrogens (tertiary/aromatic N) is 1. The van der Waals surface area contributed by atoms with E-state index in [1.165, 1.54) is 24.3 Å². The Morgan fingerprint density at radius 2 is 1.96 bits per heavy atom. The standard InChI is InChI=1S/C16H15FN2O3S2/c1-3-19-14-7-6-12(9-15(14)23-16(19)20)24(21,22)18-11-5-4-10(2)13(17)8-11/h4-9,18H,3H2,1-2H3. The van der Waals surface area contributed by atoms with E-state index in [-0.39, 0.29) is 15.5 Å². The van der Waals surface area contributed by atoms with Gasteiger partial charge in [0.1, 0.15) is 5.82 Å². The number of halogens is 1. The van der Waals surface area contributed by atoms with E-state index in [0.29, 0.717) is 22.3 Å². The quantitative estimate of drug-likeness (QED) is 0.770. The van der Waals surface area contributed by atoms with Crippen LogP contribution in [0.3, 0.4) is 0 Å². The zero-order valence-corrected chi connectivity index (χ0v) is 14.7. The number of fused-ring (bicyclic) bond motifs is 1. The molecule has 0 radical (unpaired) electrons. The highest BCUT2D eigenvalue weighted by molar-refractivity contribution is 7.92. The van der Waals surface area contributed by atoms with Crippen LogP contribution in [0.5, 0.6) is 0 Å². The Morgan fingerprint density at radius 1 is 1.21 bits per heavy atom. The fourth-order valence-electron chi connectivity index (χ4n) is 2.38. The lowest BCUT2D eigenvalue weighted by molar-refractivity contribution is 0.601. The van der Waals surface area contributed by atoms with E-state index >= 15 is 0 Å². The van der Waals surface area contributed by atoms with Crippen molar-refractivity contribution in [3.63, 3.8) is 0 Å². The molecule has 0 aliphatic rings. The van der Waals surface area contributed by atoms with E-state index < -0.39 is 15.8 Å². The van der Waals surface area contributed by atoms with Crippen LogP contribution in [-0.2, 0) is 16.6 Å². The van der Waals surface area contributed by atoms with Crippen molar-refractivity contribution in [2.45, 2.75) is 25.3 Å². The van der Waals surface area contributed by atoms with Gasteiger partial charge < -0.3 is 0 Å². The fourth-order valence-corrected chi connectivity index (χ4v) is 4.53. The summed E-state index contributed by atoms with van der Waals surface area (Å²) < 4.78 is 43.1. The molecule has 0 saturated carbocycles. The fraction of sp³-hybridized carbons (Fsp3) is 0.188. The average Bonchev–Trinajstić information content (AvgIpc) is 2.84. The Hall–Kier alpha value is -2.19. The van der Waals surface area contributed by atoms with Crippen molar-refractivity contribution < 1.29 is 12.8 Å². The molecule has 3 aromatic rings. The van der Waals surface area contributed by atoms with Gasteiger partial charge in [-0.1, -0.05) is 17.4 Å². The SMILES string of the molecule is CCn1c(=O)sc2cc(S(=O)(=O)Nc3ccc(C)c(F)c3)ccc21. The van der Waals surface area contributed by atoms with Gasteiger partial charge in [0.05, 0.1) is 20.8 Å². The summed E-state index contributed by atoms with van der Waals surface area (Å²) in [6.45, 7) is 3.97. The molecule has 8 heteroatoms. The Morgan fingerprint density at radius 3 is 2.62 bits per heavy atom. The van der Waals surface area contributed by atoms with Crippen LogP contribution in [0.4, 0.5) is 10.1 Å². The van der Waals surface area contributed by atoms with E-state index in [1.54, 1.807) is 17.6 Å². The van der Waals surface area contributed by atoms with Crippen LogP contribution in [-0.4, -0.2) is 13.0 Å². The molecule has 24 heavy (non-hydrogen) atoms. The monoisotopic (exact) mass is 366 g/mol. The lowest BCUT2D eigenvalue weighted by Gasteiger charge is -2.09. The van der Waals surface area contributed by atoms with Gasteiger partial charge in [0.25, 0.3) is 10.0 Å². The van der Waals surface area contributed by atoms with Gasteiger partial charge in [0, 0.05) is 6.54 Å². The number of benzene rings is 2. The third kappa shape index (κ3) is 2.94. The molecule has 0 unspecified atom stereocenters. The first-order valence-electron chi connectivity index (χ1n) is 7.24. The second kappa shape index (κ2) is 6.03. The molecule has 0 amide bonds. The van der Waals surface area contributed by atoms with Crippen LogP contribution in [0.25, 0.3) is 10.2 Å². The molecule has 0 spiro atoms. The summed E-state index contributed by atoms with van der Waals surface area (Å²) in [7, 11) is -3.87. The van der Waals surface area contributed by atoms with Crippen molar-refractivity contribution in [1.82, 2.24) is 4.57 Å². The van der Waals surface area contributed by atoms with Crippen LogP contribution in [0.15, 0.2) is 46.1 Å². The number of hydrogen-bond acceptors (Lipinski definition) is 4. The van der Waals surface area contributed by atoms with Gasteiger partial charge in [0.15, 0.2) is 0 Å². The molecule has 3 rings (SSSR count). The number of thiazole rings is 1. The first-order valence-corrected chi connectivity index (χ1v) is 9.54. The van der Waals surface area contributed by atoms with E-state index in [0.717, 1.165) is 17.4 Å². The maximum atomic E-state index is 13.6. The lowest BCUT2D eigenvalue weighted by Crippen LogP contribution is -2.13. The second-order valence-corrected chi connectivity index (χ2v) is 7.99. The number of anilines is 1. The molecule has 0 bridgehead atoms. The van der Waals surface area contributed by atoms with Gasteiger partial charge in [-0.15, -0.1) is 0 Å². The average molecular weight is 366 g/mol. The van der Waals surface area contributed by atoms with Crippen LogP contribution in [0.1, 0.15) is 12.5 Å². The second-order valence-electron chi connectivity index (χ2n) is 5.31. The predicted octanol–water partition coefficient (Wildman–Crippen LogP) is 3.33. The first kappa shape index (κ1) is 16.7. The third-order valence-electron chi connectivity index (χ3n) is 3.69. The normalized spacial score (nSPS) is 11.8. The minimum Gasteiger partial charge on any atom is -0.299 e. The lowest BCUT2D eigenvalue weighted by atomic mass is 10.2. The number of aryl methyl sites for hydroxylation is 2. The molecule has 1 N–H and O–H groups in total. The van der Waals surface area contributed by atoms with Crippen molar-refractivity contribution in [1.29, 1.82) is 0 Å². The summed E-state index contributed by atoms with van der Waals surface area (Å²) >= 11 is 1.000. The van der Waals surface area contributed by atoms with Crippen molar-refractivity contribution in [3.8, 4) is 0 Å². The summed E-state index contributed by atoms with van der Waals surface area (Å²) in [6, 6.07) is 8.65. The minimum atomic E-state index is -3.87. The highest BCUT2D eigenvalue weighted by atomic mass is 32.2. The van der Waals surface area contributed by atoms with Gasteiger partial charge in [-0.05, 0) is 49.7 Å². The summed E-state index contributed by atoms with van der Waals surface area (Å²) in [5, 5.41) is 0. The van der Waals surface area contributed by atoms with Crippen molar-refractivity contribution in [2.75, 3.05) is 4.72 Å². The molecule has 5 nitrogen and oxygen atoms in total. The summed E-state index contributed by atoms with van der Waals surface area (Å²) in [5.74, 6) is -0.483. The zero-order chi connectivity index (χ0) is 17.5. The molecule has 1 heterocycles. The molecule has 0 saturated heterocycles. The Balaban J connectivity index is 2.01. The molecule has 126 valence electrons. The zero-order valence-electron chi connectivity index (χ0n) is 13.0. The number of nitrogens with one attached hydrogen (secondary N) is 1. The van der Waals surface area contributed by atoms with E-state index in [9.17, 15) is 17.6 Å². The van der Waals surface area contributed by atoms with Gasteiger partial charge in [-0.25, -0.2) is 12.8 Å². The summed E-state index contributed by atoms with van der Waals surface area (Å²) in [5.41, 5.74) is 1.29. The van der Waals surface area contributed by atoms with Crippen molar-refractivity contribution in [3.05, 3.63) is 57.4 Å². The molecule has 0 aliphatic carbocycles. The van der Waals surface area contributed by atoms with Gasteiger partial charge in [0.2, 0.25) is 0 Å². The minimum absolute atomic E-state index is 0.0282. The van der Waals surface area contributed by atoms with E-state index in [1.807, 2.05) is 6.92 Å². The van der Waals surface area contributed by atoms with Gasteiger partial charge in [-0.3, -0.25) is 14.1 Å². The van der Waals surface area contributed by atoms with E-state index in [4.69, 9.17) is 0 Å². The highest BCUT2D eigenvalue weighted by Crippen LogP contribution is 2.24. The molecule has 0 atom stereocenters. The van der Waals surface area contributed by atoms with Crippen molar-refractivity contribution in [2.24, 2.45) is 0 Å². The number of sulfonamides is 1. The molecule has 2 aromatic carbocycles. The smallest absolute Gasteiger partial charge is 0.299 e. The summed E-state index contributed by atoms with van der Waals surface area (Å²) in [6.07, 6.45) is 0. The van der Waals surface area contributed by atoms with Gasteiger partial charge >= 0.3 is 4.87 Å². The predicted molar refractivity (Wildman–Crippen MR) is 93.7 cm³/mol. The van der Waals surface area contributed by atoms with Crippen LogP contribution in [0.2, 0.25) is 0 Å². The topological polar surface area (TPSA) is 68.2 Å². The molecule has 1 aromatic heterocycles. The maximum absolute atomic E-state index is 13.6. The molecular weight excluding hydrogens is 351 g/mol. The molecule has 0 aliphatic heterocycles. The highest BCUT2D eigenvalue weighted by Gasteiger charge is 2.17. The van der Waals surface area contributed by atoms with Crippen molar-refractivity contribution >= 4 is 37.3 Å². The molecular formula is C16H15FN2O3S2. The van der Waals surface area contributed by atoms with Crippen LogP contribution in [0, 0.1) is 12.7 Å². The molecule has 0 fully saturated rings. The Labute approximate surface area is 142 Å². The summed E-state index contributed by atoms with van der Waals surface area (Å²) in [4.78, 5) is 11.8.